The Balaban J connectivity index is 1.57. The second-order valence-electron chi connectivity index (χ2n) is 7.38. The Labute approximate surface area is 183 Å². The first-order chi connectivity index (χ1) is 15.4. The number of Topliss-reactive ketones (excluding diaryl/α,β-unsaturated/α-hetero) is 1. The molecule has 0 saturated carbocycles. The first-order valence-electron chi connectivity index (χ1n) is 10.1. The average Bonchev–Trinajstić information content (AvgIpc) is 2.81. The zero-order valence-corrected chi connectivity index (χ0v) is 18.0. The van der Waals surface area contributed by atoms with E-state index in [1.807, 2.05) is 0 Å². The summed E-state index contributed by atoms with van der Waals surface area (Å²) in [5.74, 6) is 0.813. The van der Waals surface area contributed by atoms with Crippen molar-refractivity contribution in [3.05, 3.63) is 63.0 Å². The molecule has 0 amide bonds. The molecule has 8 heteroatoms. The maximum atomic E-state index is 12.6. The number of benzene rings is 2. The third-order valence-electron chi connectivity index (χ3n) is 5.43. The molecular weight excluding hydrogens is 416 g/mol. The molecule has 0 aliphatic carbocycles. The van der Waals surface area contributed by atoms with Crippen molar-refractivity contribution in [1.82, 2.24) is 0 Å². The van der Waals surface area contributed by atoms with Crippen LogP contribution in [0.5, 0.6) is 17.2 Å². The van der Waals surface area contributed by atoms with Crippen LogP contribution < -0.4 is 19.8 Å². The number of carbonyl (C=O) groups excluding carboxylic acids is 2. The molecule has 0 bridgehead atoms. The van der Waals surface area contributed by atoms with Crippen LogP contribution in [0.4, 0.5) is 0 Å². The fraction of sp³-hybridized carbons (Fsp3) is 0.292. The van der Waals surface area contributed by atoms with Crippen molar-refractivity contribution in [3.8, 4) is 17.2 Å². The van der Waals surface area contributed by atoms with Crippen LogP contribution in [0.25, 0.3) is 11.0 Å². The molecule has 32 heavy (non-hydrogen) atoms. The molecule has 2 aromatic carbocycles. The molecule has 1 aromatic heterocycles. The molecule has 166 valence electrons. The lowest BCUT2D eigenvalue weighted by Crippen LogP contribution is -2.17. The number of methoxy groups -OCH3 is 1. The minimum Gasteiger partial charge on any atom is -0.486 e. The van der Waals surface area contributed by atoms with Gasteiger partial charge in [0, 0.05) is 16.5 Å². The molecule has 0 spiro atoms. The SMILES string of the molecule is COC(=O)Cc1c(C)c2ccc(OCC(=O)c3ccc4c(c3)OCCO4)c(C)c2oc1=O. The largest absolute Gasteiger partial charge is 0.486 e. The lowest BCUT2D eigenvalue weighted by Gasteiger charge is -2.18. The second-order valence-corrected chi connectivity index (χ2v) is 7.38. The number of hydrogen-bond acceptors (Lipinski definition) is 8. The van der Waals surface area contributed by atoms with Crippen LogP contribution in [0, 0.1) is 13.8 Å². The predicted molar refractivity (Wildman–Crippen MR) is 115 cm³/mol. The van der Waals surface area contributed by atoms with Crippen molar-refractivity contribution in [1.29, 1.82) is 0 Å². The smallest absolute Gasteiger partial charge is 0.340 e. The summed E-state index contributed by atoms with van der Waals surface area (Å²) >= 11 is 0. The lowest BCUT2D eigenvalue weighted by atomic mass is 10.0. The van der Waals surface area contributed by atoms with Gasteiger partial charge in [0.05, 0.1) is 19.1 Å². The fourth-order valence-corrected chi connectivity index (χ4v) is 3.59. The molecule has 1 aliphatic heterocycles. The molecule has 0 radical (unpaired) electrons. The van der Waals surface area contributed by atoms with Gasteiger partial charge in [-0.15, -0.1) is 0 Å². The number of ketones is 1. The quantitative estimate of drug-likeness (QED) is 0.329. The van der Waals surface area contributed by atoms with Crippen LogP contribution in [-0.2, 0) is 16.0 Å². The zero-order valence-electron chi connectivity index (χ0n) is 18.0. The Hall–Kier alpha value is -3.81. The van der Waals surface area contributed by atoms with Gasteiger partial charge in [-0.25, -0.2) is 4.79 Å². The molecular formula is C24H22O8. The topological polar surface area (TPSA) is 101 Å². The highest BCUT2D eigenvalue weighted by atomic mass is 16.6. The third kappa shape index (κ3) is 4.03. The Morgan fingerprint density at radius 3 is 2.50 bits per heavy atom. The summed E-state index contributed by atoms with van der Waals surface area (Å²) in [7, 11) is 1.26. The Morgan fingerprint density at radius 2 is 1.75 bits per heavy atom. The van der Waals surface area contributed by atoms with E-state index in [0.717, 1.165) is 0 Å². The van der Waals surface area contributed by atoms with E-state index in [-0.39, 0.29) is 24.4 Å². The van der Waals surface area contributed by atoms with Crippen LogP contribution in [0.15, 0.2) is 39.5 Å². The van der Waals surface area contributed by atoms with Gasteiger partial charge >= 0.3 is 11.6 Å². The Bertz CT molecular complexity index is 1270. The summed E-state index contributed by atoms with van der Waals surface area (Å²) in [5.41, 5.74) is 1.68. The number of rotatable bonds is 6. The summed E-state index contributed by atoms with van der Waals surface area (Å²) in [5, 5.41) is 0.687. The Kier molecular flexibility index (Phi) is 5.85. The van der Waals surface area contributed by atoms with Crippen molar-refractivity contribution < 1.29 is 33.0 Å². The molecule has 0 N–H and O–H groups in total. The van der Waals surface area contributed by atoms with Gasteiger partial charge in [0.15, 0.2) is 23.9 Å². The van der Waals surface area contributed by atoms with Crippen molar-refractivity contribution in [2.75, 3.05) is 26.9 Å². The van der Waals surface area contributed by atoms with Gasteiger partial charge in [0.25, 0.3) is 0 Å². The minimum absolute atomic E-state index is 0.165. The molecule has 2 heterocycles. The van der Waals surface area contributed by atoms with E-state index in [1.54, 1.807) is 44.2 Å². The third-order valence-corrected chi connectivity index (χ3v) is 5.43. The van der Waals surface area contributed by atoms with E-state index in [9.17, 15) is 14.4 Å². The van der Waals surface area contributed by atoms with Crippen molar-refractivity contribution in [2.24, 2.45) is 0 Å². The highest BCUT2D eigenvalue weighted by Gasteiger charge is 2.19. The summed E-state index contributed by atoms with van der Waals surface area (Å²) < 4.78 is 26.9. The minimum atomic E-state index is -0.604. The number of fused-ring (bicyclic) bond motifs is 2. The lowest BCUT2D eigenvalue weighted by molar-refractivity contribution is -0.139. The van der Waals surface area contributed by atoms with Gasteiger partial charge < -0.3 is 23.4 Å². The first-order valence-corrected chi connectivity index (χ1v) is 10.1. The summed E-state index contributed by atoms with van der Waals surface area (Å²) in [6.07, 6.45) is -0.165. The van der Waals surface area contributed by atoms with Gasteiger partial charge in [-0.05, 0) is 49.7 Å². The average molecular weight is 438 g/mol. The number of esters is 1. The van der Waals surface area contributed by atoms with Gasteiger partial charge in [0.2, 0.25) is 0 Å². The second kappa shape index (κ2) is 8.74. The molecule has 0 atom stereocenters. The van der Waals surface area contributed by atoms with Crippen molar-refractivity contribution >= 4 is 22.7 Å². The number of carbonyl (C=O) groups is 2. The zero-order chi connectivity index (χ0) is 22.8. The molecule has 8 nitrogen and oxygen atoms in total. The van der Waals surface area contributed by atoms with E-state index in [1.165, 1.54) is 7.11 Å². The van der Waals surface area contributed by atoms with Crippen LogP contribution in [0.2, 0.25) is 0 Å². The number of aryl methyl sites for hydroxylation is 2. The maximum Gasteiger partial charge on any atom is 0.340 e. The highest BCUT2D eigenvalue weighted by molar-refractivity contribution is 5.98. The highest BCUT2D eigenvalue weighted by Crippen LogP contribution is 2.32. The van der Waals surface area contributed by atoms with Gasteiger partial charge in [-0.1, -0.05) is 0 Å². The normalized spacial score (nSPS) is 12.5. The first kappa shape index (κ1) is 21.4. The van der Waals surface area contributed by atoms with E-state index in [4.69, 9.17) is 18.6 Å². The van der Waals surface area contributed by atoms with Crippen molar-refractivity contribution in [2.45, 2.75) is 20.3 Å². The molecule has 1 aliphatic rings. The molecule has 3 aromatic rings. The van der Waals surface area contributed by atoms with Crippen LogP contribution in [-0.4, -0.2) is 38.7 Å². The van der Waals surface area contributed by atoms with Gasteiger partial charge in [-0.3, -0.25) is 9.59 Å². The molecule has 0 fully saturated rings. The standard InChI is InChI=1S/C24H22O8/c1-13-16-5-7-19(14(2)23(16)32-24(27)17(13)11-22(26)28-3)31-12-18(25)15-4-6-20-21(10-15)30-9-8-29-20/h4-7,10H,8-9,11-12H2,1-3H3. The van der Waals surface area contributed by atoms with Crippen LogP contribution in [0.3, 0.4) is 0 Å². The van der Waals surface area contributed by atoms with E-state index in [0.29, 0.717) is 58.1 Å². The fourth-order valence-electron chi connectivity index (χ4n) is 3.59. The van der Waals surface area contributed by atoms with E-state index >= 15 is 0 Å². The molecule has 0 unspecified atom stereocenters. The monoisotopic (exact) mass is 438 g/mol. The number of ether oxygens (including phenoxy) is 4. The van der Waals surface area contributed by atoms with E-state index in [2.05, 4.69) is 4.74 Å². The van der Waals surface area contributed by atoms with Gasteiger partial charge in [-0.2, -0.15) is 0 Å². The maximum absolute atomic E-state index is 12.6. The Morgan fingerprint density at radius 1 is 1.00 bits per heavy atom. The van der Waals surface area contributed by atoms with Crippen LogP contribution >= 0.6 is 0 Å². The summed E-state index contributed by atoms with van der Waals surface area (Å²) in [6, 6.07) is 8.46. The van der Waals surface area contributed by atoms with Gasteiger partial charge in [0.1, 0.15) is 24.5 Å². The van der Waals surface area contributed by atoms with Crippen molar-refractivity contribution in [3.63, 3.8) is 0 Å². The van der Waals surface area contributed by atoms with E-state index < -0.39 is 11.6 Å². The molecule has 4 rings (SSSR count). The molecule has 0 saturated heterocycles. The summed E-state index contributed by atoms with van der Waals surface area (Å²) in [4.78, 5) is 36.7. The number of hydrogen-bond donors (Lipinski definition) is 0. The predicted octanol–water partition coefficient (Wildman–Crippen LogP) is 3.16. The van der Waals surface area contributed by atoms with Crippen LogP contribution in [0.1, 0.15) is 27.0 Å². The summed E-state index contributed by atoms with van der Waals surface area (Å²) in [6.45, 7) is 4.21.